The van der Waals surface area contributed by atoms with E-state index in [1.54, 1.807) is 13.8 Å². The molecule has 0 fully saturated rings. The fourth-order valence-electron chi connectivity index (χ4n) is 1.37. The average molecular weight is 255 g/mol. The summed E-state index contributed by atoms with van der Waals surface area (Å²) in [5.74, 6) is -1.85. The number of carboxylic acid groups (broad SMARTS) is 1. The number of carbonyl (C=O) groups is 2. The van der Waals surface area contributed by atoms with E-state index in [0.717, 1.165) is 0 Å². The van der Waals surface area contributed by atoms with Crippen LogP contribution in [0.1, 0.15) is 24.3 Å². The number of nitrogens with two attached hydrogens (primary N) is 1. The number of carbonyl (C=O) groups excluding carboxylic acids is 1. The molecule has 8 heteroatoms. The molecule has 1 atom stereocenters. The van der Waals surface area contributed by atoms with Gasteiger partial charge >= 0.3 is 5.97 Å². The molecule has 0 aliphatic heterocycles. The van der Waals surface area contributed by atoms with Crippen LogP contribution in [0.5, 0.6) is 0 Å². The van der Waals surface area contributed by atoms with E-state index in [1.807, 2.05) is 0 Å². The van der Waals surface area contributed by atoms with Gasteiger partial charge in [0.1, 0.15) is 6.04 Å². The molecular formula is C10H17N5O3. The molecule has 0 aliphatic carbocycles. The van der Waals surface area contributed by atoms with Crippen molar-refractivity contribution in [2.24, 2.45) is 11.7 Å². The first-order valence-corrected chi connectivity index (χ1v) is 5.59. The second kappa shape index (κ2) is 6.10. The molecule has 1 aromatic rings. The zero-order valence-electron chi connectivity index (χ0n) is 10.3. The SMILES string of the molecule is CC(C)[C@@H](NC(=O)c1cn(CCN)nn1)C(=O)O. The van der Waals surface area contributed by atoms with Crippen molar-refractivity contribution in [1.29, 1.82) is 0 Å². The predicted octanol–water partition coefficient (Wildman–Crippen LogP) is -0.924. The van der Waals surface area contributed by atoms with E-state index in [9.17, 15) is 9.59 Å². The van der Waals surface area contributed by atoms with Crippen LogP contribution in [0.4, 0.5) is 0 Å². The molecule has 0 aromatic carbocycles. The van der Waals surface area contributed by atoms with Crippen LogP contribution in [-0.4, -0.2) is 44.6 Å². The maximum Gasteiger partial charge on any atom is 0.326 e. The Bertz CT molecular complexity index is 429. The summed E-state index contributed by atoms with van der Waals surface area (Å²) in [6, 6.07) is -0.947. The van der Waals surface area contributed by atoms with Gasteiger partial charge in [-0.1, -0.05) is 19.1 Å². The molecule has 100 valence electrons. The number of amides is 1. The lowest BCUT2D eigenvalue weighted by Crippen LogP contribution is -2.44. The van der Waals surface area contributed by atoms with Crippen LogP contribution >= 0.6 is 0 Å². The molecule has 0 aliphatic rings. The van der Waals surface area contributed by atoms with Gasteiger partial charge in [-0.15, -0.1) is 5.10 Å². The third-order valence-corrected chi connectivity index (χ3v) is 2.35. The summed E-state index contributed by atoms with van der Waals surface area (Å²) in [7, 11) is 0. The molecule has 1 rings (SSSR count). The Kier molecular flexibility index (Phi) is 4.78. The van der Waals surface area contributed by atoms with E-state index < -0.39 is 17.9 Å². The Morgan fingerprint density at radius 1 is 1.56 bits per heavy atom. The number of hydrogen-bond donors (Lipinski definition) is 3. The number of rotatable bonds is 6. The van der Waals surface area contributed by atoms with Crippen molar-refractivity contribution in [2.45, 2.75) is 26.4 Å². The largest absolute Gasteiger partial charge is 0.480 e. The molecule has 0 unspecified atom stereocenters. The first kappa shape index (κ1) is 14.1. The van der Waals surface area contributed by atoms with E-state index in [0.29, 0.717) is 13.1 Å². The first-order valence-electron chi connectivity index (χ1n) is 5.59. The summed E-state index contributed by atoms with van der Waals surface area (Å²) in [6.07, 6.45) is 1.43. The molecule has 0 bridgehead atoms. The minimum absolute atomic E-state index is 0.0790. The van der Waals surface area contributed by atoms with Gasteiger partial charge in [-0.25, -0.2) is 4.79 Å². The van der Waals surface area contributed by atoms with Gasteiger partial charge in [-0.2, -0.15) is 0 Å². The van der Waals surface area contributed by atoms with E-state index in [-0.39, 0.29) is 11.6 Å². The topological polar surface area (TPSA) is 123 Å². The third kappa shape index (κ3) is 3.52. The standard InChI is InChI=1S/C10H17N5O3/c1-6(2)8(10(17)18)12-9(16)7-5-15(4-3-11)14-13-7/h5-6,8H,3-4,11H2,1-2H3,(H,12,16)(H,17,18)/t8-/m1/s1. The second-order valence-electron chi connectivity index (χ2n) is 4.19. The van der Waals surface area contributed by atoms with Gasteiger partial charge < -0.3 is 16.2 Å². The fraction of sp³-hybridized carbons (Fsp3) is 0.600. The monoisotopic (exact) mass is 255 g/mol. The highest BCUT2D eigenvalue weighted by atomic mass is 16.4. The molecule has 0 radical (unpaired) electrons. The summed E-state index contributed by atoms with van der Waals surface area (Å²) in [4.78, 5) is 22.7. The minimum atomic E-state index is -1.08. The van der Waals surface area contributed by atoms with Gasteiger partial charge in [0.15, 0.2) is 5.69 Å². The fourth-order valence-corrected chi connectivity index (χ4v) is 1.37. The summed E-state index contributed by atoms with van der Waals surface area (Å²) in [6.45, 7) is 4.26. The molecule has 1 heterocycles. The van der Waals surface area contributed by atoms with Gasteiger partial charge in [-0.05, 0) is 5.92 Å². The maximum absolute atomic E-state index is 11.8. The van der Waals surface area contributed by atoms with Gasteiger partial charge in [0.05, 0.1) is 12.7 Å². The molecular weight excluding hydrogens is 238 g/mol. The predicted molar refractivity (Wildman–Crippen MR) is 62.8 cm³/mol. The lowest BCUT2D eigenvalue weighted by molar-refractivity contribution is -0.140. The van der Waals surface area contributed by atoms with E-state index in [2.05, 4.69) is 15.6 Å². The Hall–Kier alpha value is -1.96. The number of nitrogens with zero attached hydrogens (tertiary/aromatic N) is 3. The smallest absolute Gasteiger partial charge is 0.326 e. The van der Waals surface area contributed by atoms with Gasteiger partial charge in [-0.3, -0.25) is 9.48 Å². The van der Waals surface area contributed by atoms with Crippen LogP contribution in [-0.2, 0) is 11.3 Å². The summed E-state index contributed by atoms with van der Waals surface area (Å²) in [5.41, 5.74) is 5.42. The minimum Gasteiger partial charge on any atom is -0.480 e. The molecule has 8 nitrogen and oxygen atoms in total. The number of carboxylic acids is 1. The molecule has 0 spiro atoms. The number of aromatic nitrogens is 3. The van der Waals surface area contributed by atoms with Crippen molar-refractivity contribution < 1.29 is 14.7 Å². The van der Waals surface area contributed by atoms with Crippen molar-refractivity contribution >= 4 is 11.9 Å². The van der Waals surface area contributed by atoms with Gasteiger partial charge in [0, 0.05) is 6.54 Å². The van der Waals surface area contributed by atoms with Crippen LogP contribution in [0.2, 0.25) is 0 Å². The van der Waals surface area contributed by atoms with Crippen LogP contribution in [0.3, 0.4) is 0 Å². The Balaban J connectivity index is 2.71. The van der Waals surface area contributed by atoms with E-state index in [4.69, 9.17) is 10.8 Å². The number of aliphatic carboxylic acids is 1. The summed E-state index contributed by atoms with van der Waals surface area (Å²) >= 11 is 0. The van der Waals surface area contributed by atoms with E-state index in [1.165, 1.54) is 10.9 Å². The molecule has 1 amide bonds. The normalized spacial score (nSPS) is 12.4. The first-order chi connectivity index (χ1) is 8.45. The lowest BCUT2D eigenvalue weighted by Gasteiger charge is -2.16. The number of hydrogen-bond acceptors (Lipinski definition) is 5. The number of nitrogens with one attached hydrogen (secondary N) is 1. The summed E-state index contributed by atoms with van der Waals surface area (Å²) < 4.78 is 1.43. The quantitative estimate of drug-likeness (QED) is 0.603. The Labute approximate surface area is 104 Å². The van der Waals surface area contributed by atoms with Crippen molar-refractivity contribution in [1.82, 2.24) is 20.3 Å². The van der Waals surface area contributed by atoms with Crippen molar-refractivity contribution in [3.63, 3.8) is 0 Å². The Morgan fingerprint density at radius 2 is 2.22 bits per heavy atom. The highest BCUT2D eigenvalue weighted by Crippen LogP contribution is 2.03. The second-order valence-corrected chi connectivity index (χ2v) is 4.19. The van der Waals surface area contributed by atoms with Gasteiger partial charge in [0.25, 0.3) is 5.91 Å². The van der Waals surface area contributed by atoms with Crippen molar-refractivity contribution in [2.75, 3.05) is 6.54 Å². The highest BCUT2D eigenvalue weighted by Gasteiger charge is 2.25. The van der Waals surface area contributed by atoms with Crippen molar-refractivity contribution in [3.05, 3.63) is 11.9 Å². The molecule has 18 heavy (non-hydrogen) atoms. The van der Waals surface area contributed by atoms with Crippen LogP contribution in [0.25, 0.3) is 0 Å². The van der Waals surface area contributed by atoms with Crippen LogP contribution < -0.4 is 11.1 Å². The average Bonchev–Trinajstić information content (AvgIpc) is 2.73. The third-order valence-electron chi connectivity index (χ3n) is 2.35. The molecule has 1 aromatic heterocycles. The molecule has 0 saturated heterocycles. The lowest BCUT2D eigenvalue weighted by atomic mass is 10.0. The van der Waals surface area contributed by atoms with Crippen LogP contribution in [0.15, 0.2) is 6.20 Å². The maximum atomic E-state index is 11.8. The molecule has 4 N–H and O–H groups in total. The molecule has 0 saturated carbocycles. The van der Waals surface area contributed by atoms with Crippen molar-refractivity contribution in [3.8, 4) is 0 Å². The van der Waals surface area contributed by atoms with Crippen LogP contribution in [0, 0.1) is 5.92 Å². The van der Waals surface area contributed by atoms with E-state index >= 15 is 0 Å². The highest BCUT2D eigenvalue weighted by molar-refractivity contribution is 5.94. The zero-order valence-corrected chi connectivity index (χ0v) is 10.3. The summed E-state index contributed by atoms with van der Waals surface area (Å²) in [5, 5.41) is 18.7. The zero-order chi connectivity index (χ0) is 13.7. The Morgan fingerprint density at radius 3 is 2.72 bits per heavy atom. The van der Waals surface area contributed by atoms with Gasteiger partial charge in [0.2, 0.25) is 0 Å².